The summed E-state index contributed by atoms with van der Waals surface area (Å²) >= 11 is 4.99. The van der Waals surface area contributed by atoms with E-state index in [-0.39, 0.29) is 17.6 Å². The van der Waals surface area contributed by atoms with E-state index in [0.29, 0.717) is 4.99 Å². The normalized spacial score (nSPS) is 26.9. The molecule has 1 aliphatic rings. The van der Waals surface area contributed by atoms with Gasteiger partial charge in [-0.05, 0) is 12.5 Å². The molecule has 0 radical (unpaired) electrons. The van der Waals surface area contributed by atoms with E-state index in [1.165, 1.54) is 0 Å². The molecule has 1 fully saturated rings. The Bertz CT molecular complexity index is 563. The smallest absolute Gasteiger partial charge is 0.154 e. The largest absolute Gasteiger partial charge is 0.393 e. The first-order chi connectivity index (χ1) is 8.38. The van der Waals surface area contributed by atoms with Crippen LogP contribution < -0.4 is 5.73 Å². The summed E-state index contributed by atoms with van der Waals surface area (Å²) in [4.78, 5) is 0.308. The van der Waals surface area contributed by atoms with Crippen molar-refractivity contribution in [3.05, 3.63) is 35.4 Å². The van der Waals surface area contributed by atoms with Gasteiger partial charge in [-0.3, -0.25) is 0 Å². The third-order valence-corrected chi connectivity index (χ3v) is 6.05. The van der Waals surface area contributed by atoms with E-state index >= 15 is 0 Å². The number of benzene rings is 1. The van der Waals surface area contributed by atoms with Gasteiger partial charge in [-0.15, -0.1) is 0 Å². The molecule has 0 spiro atoms. The molecule has 0 amide bonds. The number of aryl methyl sites for hydroxylation is 1. The first-order valence-corrected chi connectivity index (χ1v) is 8.08. The SMILES string of the molecule is CCS(=O)(=O)[C@H]1[C@H](C(N)=S)[C@@H]1c1ccc(C)cc1. The maximum atomic E-state index is 12.0. The summed E-state index contributed by atoms with van der Waals surface area (Å²) in [5.41, 5.74) is 7.83. The molecule has 1 aromatic carbocycles. The van der Waals surface area contributed by atoms with Gasteiger partial charge in [-0.2, -0.15) is 0 Å². The Morgan fingerprint density at radius 3 is 2.33 bits per heavy atom. The Morgan fingerprint density at radius 1 is 1.33 bits per heavy atom. The van der Waals surface area contributed by atoms with Crippen molar-refractivity contribution in [3.63, 3.8) is 0 Å². The van der Waals surface area contributed by atoms with E-state index < -0.39 is 15.1 Å². The molecule has 0 bridgehead atoms. The molecule has 1 saturated carbocycles. The summed E-state index contributed by atoms with van der Waals surface area (Å²) in [6.07, 6.45) is 0. The van der Waals surface area contributed by atoms with E-state index in [9.17, 15) is 8.42 Å². The van der Waals surface area contributed by atoms with Crippen LogP contribution in [0.1, 0.15) is 24.0 Å². The summed E-state index contributed by atoms with van der Waals surface area (Å²) in [6.45, 7) is 3.67. The molecule has 0 aliphatic heterocycles. The number of rotatable bonds is 4. The quantitative estimate of drug-likeness (QED) is 0.856. The minimum Gasteiger partial charge on any atom is -0.393 e. The fourth-order valence-electron chi connectivity index (χ4n) is 2.45. The summed E-state index contributed by atoms with van der Waals surface area (Å²) in [7, 11) is -3.09. The van der Waals surface area contributed by atoms with E-state index in [1.54, 1.807) is 6.92 Å². The van der Waals surface area contributed by atoms with Crippen molar-refractivity contribution < 1.29 is 8.42 Å². The van der Waals surface area contributed by atoms with Crippen LogP contribution in [-0.2, 0) is 9.84 Å². The zero-order chi connectivity index (χ0) is 13.5. The second-order valence-electron chi connectivity index (χ2n) is 4.78. The van der Waals surface area contributed by atoms with Crippen LogP contribution in [0.2, 0.25) is 0 Å². The molecule has 1 aromatic rings. The topological polar surface area (TPSA) is 60.2 Å². The summed E-state index contributed by atoms with van der Waals surface area (Å²) in [6, 6.07) is 7.91. The van der Waals surface area contributed by atoms with Gasteiger partial charge in [0.15, 0.2) is 9.84 Å². The van der Waals surface area contributed by atoms with Crippen molar-refractivity contribution in [1.82, 2.24) is 0 Å². The zero-order valence-corrected chi connectivity index (χ0v) is 12.1. The first-order valence-electron chi connectivity index (χ1n) is 5.96. The minimum absolute atomic E-state index is 0.0620. The van der Waals surface area contributed by atoms with Crippen LogP contribution in [0.4, 0.5) is 0 Å². The third-order valence-electron chi connectivity index (χ3n) is 3.56. The molecule has 0 heterocycles. The molecule has 18 heavy (non-hydrogen) atoms. The molecule has 1 aliphatic carbocycles. The van der Waals surface area contributed by atoms with Crippen molar-refractivity contribution in [2.45, 2.75) is 25.0 Å². The van der Waals surface area contributed by atoms with Crippen LogP contribution in [0.25, 0.3) is 0 Å². The van der Waals surface area contributed by atoms with Crippen LogP contribution in [0, 0.1) is 12.8 Å². The van der Waals surface area contributed by atoms with E-state index in [4.69, 9.17) is 18.0 Å². The first kappa shape index (κ1) is 13.5. The van der Waals surface area contributed by atoms with Crippen LogP contribution in [-0.4, -0.2) is 24.4 Å². The average Bonchev–Trinajstić information content (AvgIpc) is 3.06. The monoisotopic (exact) mass is 283 g/mol. The van der Waals surface area contributed by atoms with Gasteiger partial charge in [0.2, 0.25) is 0 Å². The molecule has 2 rings (SSSR count). The lowest BCUT2D eigenvalue weighted by Crippen LogP contribution is -2.18. The Balaban J connectivity index is 2.33. The molecular weight excluding hydrogens is 266 g/mol. The van der Waals surface area contributed by atoms with Crippen molar-refractivity contribution in [2.24, 2.45) is 11.7 Å². The van der Waals surface area contributed by atoms with Gasteiger partial charge in [0.1, 0.15) is 0 Å². The molecule has 3 atom stereocenters. The summed E-state index contributed by atoms with van der Waals surface area (Å²) in [5, 5.41) is -0.428. The Morgan fingerprint density at radius 2 is 1.89 bits per heavy atom. The molecule has 3 nitrogen and oxygen atoms in total. The van der Waals surface area contributed by atoms with Gasteiger partial charge in [-0.25, -0.2) is 8.42 Å². The number of nitrogens with two attached hydrogens (primary N) is 1. The van der Waals surface area contributed by atoms with Gasteiger partial charge in [0, 0.05) is 17.6 Å². The predicted octanol–water partition coefficient (Wildman–Crippen LogP) is 1.80. The number of hydrogen-bond donors (Lipinski definition) is 1. The standard InChI is InChI=1S/C13H17NO2S2/c1-3-18(15,16)12-10(11(12)13(14)17)9-6-4-8(2)5-7-9/h4-7,10-12H,3H2,1-2H3,(H2,14,17)/t10-,11+,12+/m0/s1. The summed E-state index contributed by atoms with van der Waals surface area (Å²) < 4.78 is 24.0. The highest BCUT2D eigenvalue weighted by Crippen LogP contribution is 2.52. The van der Waals surface area contributed by atoms with Gasteiger partial charge in [-0.1, -0.05) is 49.0 Å². The average molecular weight is 283 g/mol. The van der Waals surface area contributed by atoms with Gasteiger partial charge < -0.3 is 5.73 Å². The molecule has 0 aromatic heterocycles. The fourth-order valence-corrected chi connectivity index (χ4v) is 4.66. The van der Waals surface area contributed by atoms with Crippen LogP contribution in [0.15, 0.2) is 24.3 Å². The lowest BCUT2D eigenvalue weighted by atomic mass is 10.1. The van der Waals surface area contributed by atoms with Crippen molar-refractivity contribution in [3.8, 4) is 0 Å². The molecular formula is C13H17NO2S2. The maximum absolute atomic E-state index is 12.0. The number of hydrogen-bond acceptors (Lipinski definition) is 3. The third kappa shape index (κ3) is 2.29. The van der Waals surface area contributed by atoms with Gasteiger partial charge in [0.05, 0.1) is 10.2 Å². The summed E-state index contributed by atoms with van der Waals surface area (Å²) in [5.74, 6) is -0.125. The second-order valence-corrected chi connectivity index (χ2v) is 7.70. The second kappa shape index (κ2) is 4.63. The lowest BCUT2D eigenvalue weighted by molar-refractivity contribution is 0.594. The Hall–Kier alpha value is -0.940. The van der Waals surface area contributed by atoms with E-state index in [1.807, 2.05) is 31.2 Å². The van der Waals surface area contributed by atoms with E-state index in [2.05, 4.69) is 0 Å². The lowest BCUT2D eigenvalue weighted by Gasteiger charge is -2.01. The molecule has 0 saturated heterocycles. The van der Waals surface area contributed by atoms with Crippen LogP contribution >= 0.6 is 12.2 Å². The van der Waals surface area contributed by atoms with Crippen molar-refractivity contribution in [2.75, 3.05) is 5.75 Å². The highest BCUT2D eigenvalue weighted by molar-refractivity contribution is 7.92. The predicted molar refractivity (Wildman–Crippen MR) is 77.4 cm³/mol. The van der Waals surface area contributed by atoms with E-state index in [0.717, 1.165) is 11.1 Å². The maximum Gasteiger partial charge on any atom is 0.154 e. The molecule has 2 N–H and O–H groups in total. The van der Waals surface area contributed by atoms with Crippen molar-refractivity contribution >= 4 is 27.0 Å². The fraction of sp³-hybridized carbons (Fsp3) is 0.462. The molecule has 5 heteroatoms. The highest BCUT2D eigenvalue weighted by Gasteiger charge is 2.59. The zero-order valence-electron chi connectivity index (χ0n) is 10.5. The van der Waals surface area contributed by atoms with Crippen LogP contribution in [0.5, 0.6) is 0 Å². The Kier molecular flexibility index (Phi) is 3.47. The van der Waals surface area contributed by atoms with Gasteiger partial charge in [0.25, 0.3) is 0 Å². The molecule has 0 unspecified atom stereocenters. The number of thiocarbonyl (C=S) groups is 1. The van der Waals surface area contributed by atoms with Gasteiger partial charge >= 0.3 is 0 Å². The number of sulfone groups is 1. The van der Waals surface area contributed by atoms with Crippen LogP contribution in [0.3, 0.4) is 0 Å². The molecule has 98 valence electrons. The Labute approximate surface area is 113 Å². The minimum atomic E-state index is -3.09. The van der Waals surface area contributed by atoms with Crippen molar-refractivity contribution in [1.29, 1.82) is 0 Å². The highest BCUT2D eigenvalue weighted by atomic mass is 32.2.